The topological polar surface area (TPSA) is 84.6 Å². The van der Waals surface area contributed by atoms with Gasteiger partial charge in [0.1, 0.15) is 5.75 Å². The number of rotatable bonds is 5. The molecule has 120 valence electrons. The van der Waals surface area contributed by atoms with Crippen LogP contribution in [0.3, 0.4) is 0 Å². The first-order chi connectivity index (χ1) is 11.3. The quantitative estimate of drug-likeness (QED) is 0.446. The number of hydrogen-bond donors (Lipinski definition) is 3. The fourth-order valence-corrected chi connectivity index (χ4v) is 2.56. The molecule has 0 saturated carbocycles. The Labute approximate surface area is 135 Å². The number of guanidine groups is 1. The molecule has 4 N–H and O–H groups in total. The number of aliphatic imine (C=N–C) groups is 1. The Hall–Kier alpha value is -2.76. The number of hydrogen-bond acceptors (Lipinski definition) is 4. The largest absolute Gasteiger partial charge is 0.493 e. The van der Waals surface area contributed by atoms with Crippen molar-refractivity contribution in [3.63, 3.8) is 0 Å². The molecule has 0 aliphatic carbocycles. The second-order valence-electron chi connectivity index (χ2n) is 5.30. The smallest absolute Gasteiger partial charge is 0.189 e. The predicted molar refractivity (Wildman–Crippen MR) is 91.6 cm³/mol. The molecule has 2 heterocycles. The Balaban J connectivity index is 1.50. The fraction of sp³-hybridized carbons (Fsp3) is 0.294. The summed E-state index contributed by atoms with van der Waals surface area (Å²) >= 11 is 0. The van der Waals surface area contributed by atoms with Gasteiger partial charge in [0.05, 0.1) is 19.2 Å². The van der Waals surface area contributed by atoms with Crippen LogP contribution in [0.4, 0.5) is 5.69 Å². The lowest BCUT2D eigenvalue weighted by Gasteiger charge is -2.26. The third-order valence-corrected chi connectivity index (χ3v) is 3.68. The highest BCUT2D eigenvalue weighted by molar-refractivity contribution is 5.78. The van der Waals surface area contributed by atoms with Gasteiger partial charge in [-0.1, -0.05) is 18.2 Å². The molecule has 0 amide bonds. The van der Waals surface area contributed by atoms with Gasteiger partial charge in [0.2, 0.25) is 0 Å². The summed E-state index contributed by atoms with van der Waals surface area (Å²) in [6.45, 7) is 2.01. The van der Waals surface area contributed by atoms with E-state index < -0.39 is 0 Å². The second kappa shape index (κ2) is 7.49. The number of aromatic nitrogens is 1. The van der Waals surface area contributed by atoms with Crippen molar-refractivity contribution in [1.29, 1.82) is 0 Å². The van der Waals surface area contributed by atoms with Gasteiger partial charge in [0.15, 0.2) is 5.96 Å². The van der Waals surface area contributed by atoms with Crippen molar-refractivity contribution in [2.24, 2.45) is 10.7 Å². The van der Waals surface area contributed by atoms with Crippen LogP contribution in [-0.2, 0) is 0 Å². The first kappa shape index (κ1) is 15.1. The maximum Gasteiger partial charge on any atom is 0.189 e. The van der Waals surface area contributed by atoms with Gasteiger partial charge >= 0.3 is 0 Å². The van der Waals surface area contributed by atoms with Crippen LogP contribution in [0.5, 0.6) is 5.75 Å². The zero-order chi connectivity index (χ0) is 15.9. The molecule has 0 spiro atoms. The SMILES string of the molecule is NC(=NCCNc1ccncc1)NC1CCOc2ccccc21. The number of pyridine rings is 1. The van der Waals surface area contributed by atoms with E-state index in [1.165, 1.54) is 0 Å². The number of fused-ring (bicyclic) bond motifs is 1. The standard InChI is InChI=1S/C17H21N5O/c18-17(21-11-10-20-13-5-8-19-9-6-13)22-15-7-12-23-16-4-2-1-3-14(15)16/h1-6,8-9,15H,7,10-12H2,(H,19,20)(H3,18,21,22). The summed E-state index contributed by atoms with van der Waals surface area (Å²) in [6.07, 6.45) is 4.39. The van der Waals surface area contributed by atoms with Crippen LogP contribution in [-0.4, -0.2) is 30.6 Å². The van der Waals surface area contributed by atoms with Gasteiger partial charge in [-0.3, -0.25) is 9.98 Å². The molecule has 0 bridgehead atoms. The molecule has 0 fully saturated rings. The van der Waals surface area contributed by atoms with Crippen molar-refractivity contribution in [3.05, 3.63) is 54.4 Å². The van der Waals surface area contributed by atoms with E-state index in [1.54, 1.807) is 12.4 Å². The van der Waals surface area contributed by atoms with Crippen molar-refractivity contribution >= 4 is 11.6 Å². The molecule has 1 aromatic heterocycles. The highest BCUT2D eigenvalue weighted by Gasteiger charge is 2.20. The van der Waals surface area contributed by atoms with Gasteiger partial charge in [0.25, 0.3) is 0 Å². The Kier molecular flexibility index (Phi) is 4.93. The minimum Gasteiger partial charge on any atom is -0.493 e. The van der Waals surface area contributed by atoms with Crippen LogP contribution in [0, 0.1) is 0 Å². The van der Waals surface area contributed by atoms with Crippen LogP contribution < -0.4 is 21.1 Å². The number of benzene rings is 1. The maximum absolute atomic E-state index is 6.00. The van der Waals surface area contributed by atoms with Gasteiger partial charge in [-0.25, -0.2) is 0 Å². The van der Waals surface area contributed by atoms with Crippen molar-refractivity contribution in [2.75, 3.05) is 25.0 Å². The number of ether oxygens (including phenoxy) is 1. The molecule has 2 aromatic rings. The fourth-order valence-electron chi connectivity index (χ4n) is 2.56. The summed E-state index contributed by atoms with van der Waals surface area (Å²) < 4.78 is 5.65. The first-order valence-electron chi connectivity index (χ1n) is 7.75. The Morgan fingerprint density at radius 3 is 2.96 bits per heavy atom. The average molecular weight is 311 g/mol. The second-order valence-corrected chi connectivity index (χ2v) is 5.30. The highest BCUT2D eigenvalue weighted by Crippen LogP contribution is 2.31. The minimum atomic E-state index is 0.150. The number of anilines is 1. The molecule has 1 aliphatic heterocycles. The summed E-state index contributed by atoms with van der Waals surface area (Å²) in [6, 6.07) is 12.0. The van der Waals surface area contributed by atoms with Crippen molar-refractivity contribution in [2.45, 2.75) is 12.5 Å². The normalized spacial score (nSPS) is 17.0. The van der Waals surface area contributed by atoms with Gasteiger partial charge in [-0.2, -0.15) is 0 Å². The molecular weight excluding hydrogens is 290 g/mol. The summed E-state index contributed by atoms with van der Waals surface area (Å²) in [5.41, 5.74) is 8.16. The molecule has 6 heteroatoms. The van der Waals surface area contributed by atoms with E-state index in [-0.39, 0.29) is 6.04 Å². The van der Waals surface area contributed by atoms with Crippen LogP contribution in [0.15, 0.2) is 53.8 Å². The average Bonchev–Trinajstić information content (AvgIpc) is 2.60. The molecule has 0 radical (unpaired) electrons. The summed E-state index contributed by atoms with van der Waals surface area (Å²) in [5, 5.41) is 6.55. The predicted octanol–water partition coefficient (Wildman–Crippen LogP) is 1.92. The molecule has 1 atom stereocenters. The zero-order valence-electron chi connectivity index (χ0n) is 12.9. The zero-order valence-corrected chi connectivity index (χ0v) is 12.9. The molecule has 3 rings (SSSR count). The van der Waals surface area contributed by atoms with E-state index in [0.29, 0.717) is 19.1 Å². The molecule has 1 unspecified atom stereocenters. The summed E-state index contributed by atoms with van der Waals surface area (Å²) in [7, 11) is 0. The highest BCUT2D eigenvalue weighted by atomic mass is 16.5. The Bertz CT molecular complexity index is 659. The van der Waals surface area contributed by atoms with E-state index in [2.05, 4.69) is 26.7 Å². The Morgan fingerprint density at radius 2 is 2.09 bits per heavy atom. The molecule has 1 aromatic carbocycles. The van der Waals surface area contributed by atoms with E-state index in [9.17, 15) is 0 Å². The van der Waals surface area contributed by atoms with Crippen molar-refractivity contribution < 1.29 is 4.74 Å². The van der Waals surface area contributed by atoms with Gasteiger partial charge in [-0.05, 0) is 18.2 Å². The van der Waals surface area contributed by atoms with Gasteiger partial charge in [0, 0.05) is 36.6 Å². The molecule has 1 aliphatic rings. The van der Waals surface area contributed by atoms with Crippen LogP contribution in [0.25, 0.3) is 0 Å². The third-order valence-electron chi connectivity index (χ3n) is 3.68. The van der Waals surface area contributed by atoms with E-state index >= 15 is 0 Å². The lowest BCUT2D eigenvalue weighted by molar-refractivity contribution is 0.262. The van der Waals surface area contributed by atoms with Gasteiger partial charge < -0.3 is 21.1 Å². The summed E-state index contributed by atoms with van der Waals surface area (Å²) in [4.78, 5) is 8.35. The molecule has 23 heavy (non-hydrogen) atoms. The van der Waals surface area contributed by atoms with Crippen molar-refractivity contribution in [3.8, 4) is 5.75 Å². The monoisotopic (exact) mass is 311 g/mol. The molecule has 0 saturated heterocycles. The number of nitrogens with one attached hydrogen (secondary N) is 2. The van der Waals surface area contributed by atoms with Gasteiger partial charge in [-0.15, -0.1) is 0 Å². The summed E-state index contributed by atoms with van der Waals surface area (Å²) in [5.74, 6) is 1.38. The lowest BCUT2D eigenvalue weighted by Crippen LogP contribution is -2.37. The van der Waals surface area contributed by atoms with E-state index in [4.69, 9.17) is 10.5 Å². The first-order valence-corrected chi connectivity index (χ1v) is 7.75. The minimum absolute atomic E-state index is 0.150. The molecular formula is C17H21N5O. The van der Waals surface area contributed by atoms with E-state index in [1.807, 2.05) is 30.3 Å². The lowest BCUT2D eigenvalue weighted by atomic mass is 10.0. The number of para-hydroxylation sites is 1. The van der Waals surface area contributed by atoms with E-state index in [0.717, 1.165) is 30.0 Å². The number of nitrogens with two attached hydrogens (primary N) is 1. The van der Waals surface area contributed by atoms with Crippen LogP contribution in [0.1, 0.15) is 18.0 Å². The molecule has 6 nitrogen and oxygen atoms in total. The van der Waals surface area contributed by atoms with Crippen LogP contribution >= 0.6 is 0 Å². The number of nitrogens with zero attached hydrogens (tertiary/aromatic N) is 2. The maximum atomic E-state index is 6.00. The van der Waals surface area contributed by atoms with Crippen LogP contribution in [0.2, 0.25) is 0 Å². The van der Waals surface area contributed by atoms with Crippen molar-refractivity contribution in [1.82, 2.24) is 10.3 Å². The third kappa shape index (κ3) is 4.12. The Morgan fingerprint density at radius 1 is 1.26 bits per heavy atom.